The third kappa shape index (κ3) is 8.55. The number of alkyl halides is 3. The number of nitrogens with zero attached hydrogens (tertiary/aromatic N) is 5. The Hall–Kier alpha value is -2.98. The number of hydrogen-bond acceptors (Lipinski definition) is 11. The van der Waals surface area contributed by atoms with Crippen molar-refractivity contribution in [2.75, 3.05) is 65.0 Å². The smallest absolute Gasteiger partial charge is 0.417 e. The Morgan fingerprint density at radius 1 is 1.23 bits per heavy atom. The van der Waals surface area contributed by atoms with Gasteiger partial charge in [0.1, 0.15) is 12.5 Å². The van der Waals surface area contributed by atoms with E-state index in [0.29, 0.717) is 62.8 Å². The molecule has 5 rings (SSSR count). The van der Waals surface area contributed by atoms with Crippen molar-refractivity contribution >= 4 is 39.9 Å². The number of likely N-dealkylation sites (tertiary alicyclic amines) is 1. The number of methoxy groups -OCH3 is 1. The fourth-order valence-corrected chi connectivity index (χ4v) is 7.37. The van der Waals surface area contributed by atoms with Gasteiger partial charge in [-0.15, -0.1) is 0 Å². The van der Waals surface area contributed by atoms with E-state index in [4.69, 9.17) is 21.1 Å². The van der Waals surface area contributed by atoms with Crippen LogP contribution in [0.5, 0.6) is 0 Å². The molecule has 3 aliphatic heterocycles. The van der Waals surface area contributed by atoms with Crippen molar-refractivity contribution in [2.24, 2.45) is 4.99 Å². The van der Waals surface area contributed by atoms with Gasteiger partial charge in [0.25, 0.3) is 0 Å². The van der Waals surface area contributed by atoms with Gasteiger partial charge in [-0.25, -0.2) is 9.98 Å². The number of carbonyl (C=O) groups is 1. The van der Waals surface area contributed by atoms with Crippen LogP contribution in [0.25, 0.3) is 11.3 Å². The van der Waals surface area contributed by atoms with E-state index in [1.165, 1.54) is 23.5 Å². The molecule has 0 bridgehead atoms. The van der Waals surface area contributed by atoms with E-state index in [1.54, 1.807) is 14.0 Å². The van der Waals surface area contributed by atoms with Crippen LogP contribution < -0.4 is 10.6 Å². The average molecular weight is 702 g/mol. The zero-order valence-electron chi connectivity index (χ0n) is 26.6. The molecule has 3 aliphatic rings. The van der Waals surface area contributed by atoms with Crippen molar-refractivity contribution in [2.45, 2.75) is 57.9 Å². The lowest BCUT2D eigenvalue weighted by molar-refractivity contribution is -0.143. The lowest BCUT2D eigenvalue weighted by Crippen LogP contribution is -2.57. The molecule has 1 aromatic heterocycles. The van der Waals surface area contributed by atoms with Gasteiger partial charge in [-0.1, -0.05) is 29.0 Å². The molecule has 0 unspecified atom stereocenters. The summed E-state index contributed by atoms with van der Waals surface area (Å²) >= 11 is 7.19. The van der Waals surface area contributed by atoms with E-state index in [-0.39, 0.29) is 47.3 Å². The van der Waals surface area contributed by atoms with E-state index in [2.05, 4.69) is 37.3 Å². The largest absolute Gasteiger partial charge is 0.466 e. The van der Waals surface area contributed by atoms with Crippen LogP contribution in [0.4, 0.5) is 22.7 Å². The van der Waals surface area contributed by atoms with Gasteiger partial charge in [0.15, 0.2) is 11.0 Å². The molecule has 0 amide bonds. The number of carbonyl (C=O) groups excluding carboxylic acids is 1. The average Bonchev–Trinajstić information content (AvgIpc) is 3.62. The minimum atomic E-state index is -4.63. The highest BCUT2D eigenvalue weighted by Crippen LogP contribution is 2.40. The summed E-state index contributed by atoms with van der Waals surface area (Å²) < 4.78 is 67.8. The fraction of sp³-hybridized carbons (Fsp3) is 0.581. The molecule has 0 saturated carbocycles. The Labute approximate surface area is 280 Å². The van der Waals surface area contributed by atoms with E-state index in [0.717, 1.165) is 30.3 Å². The van der Waals surface area contributed by atoms with Crippen LogP contribution in [0, 0.1) is 0 Å². The van der Waals surface area contributed by atoms with Gasteiger partial charge in [0.2, 0.25) is 5.83 Å². The highest BCUT2D eigenvalue weighted by molar-refractivity contribution is 7.16. The van der Waals surface area contributed by atoms with Crippen molar-refractivity contribution in [3.05, 3.63) is 45.3 Å². The molecule has 2 N–H and O–H groups in total. The molecule has 2 atom stereocenters. The number of aliphatic imine (C=N–C) groups is 1. The van der Waals surface area contributed by atoms with Crippen LogP contribution in [-0.2, 0) is 27.0 Å². The highest BCUT2D eigenvalue weighted by atomic mass is 35.5. The lowest BCUT2D eigenvalue weighted by Gasteiger charge is -2.42. The summed E-state index contributed by atoms with van der Waals surface area (Å²) in [4.78, 5) is 28.1. The number of thiazole rings is 1. The van der Waals surface area contributed by atoms with Crippen molar-refractivity contribution < 1.29 is 31.8 Å². The number of esters is 1. The molecule has 0 aliphatic carbocycles. The first-order chi connectivity index (χ1) is 22.5. The van der Waals surface area contributed by atoms with Crippen LogP contribution in [0.15, 0.2) is 34.8 Å². The van der Waals surface area contributed by atoms with Gasteiger partial charge < -0.3 is 25.0 Å². The van der Waals surface area contributed by atoms with E-state index >= 15 is 4.39 Å². The Morgan fingerprint density at radius 2 is 2.04 bits per heavy atom. The number of aromatic nitrogens is 1. The molecule has 2 aromatic rings. The molecule has 2 saturated heterocycles. The van der Waals surface area contributed by atoms with Gasteiger partial charge in [-0.3, -0.25) is 14.6 Å². The van der Waals surface area contributed by atoms with Gasteiger partial charge >= 0.3 is 12.1 Å². The maximum Gasteiger partial charge on any atom is 0.417 e. The molecular weight excluding hydrogens is 662 g/mol. The number of piperazine rings is 1. The third-order valence-corrected chi connectivity index (χ3v) is 9.87. The van der Waals surface area contributed by atoms with E-state index < -0.39 is 17.6 Å². The maximum absolute atomic E-state index is 16.1. The number of amidine groups is 1. The van der Waals surface area contributed by atoms with Crippen LogP contribution in [0.1, 0.15) is 43.6 Å². The number of hydrogen-bond donors (Lipinski definition) is 2. The first-order valence-corrected chi connectivity index (χ1v) is 16.9. The van der Waals surface area contributed by atoms with Crippen LogP contribution in [-0.4, -0.2) is 103 Å². The summed E-state index contributed by atoms with van der Waals surface area (Å²) in [5.74, 6) is -0.590. The predicted octanol–water partition coefficient (Wildman–Crippen LogP) is 5.56. The Morgan fingerprint density at radius 3 is 2.74 bits per heavy atom. The van der Waals surface area contributed by atoms with E-state index in [1.807, 2.05) is 4.90 Å². The highest BCUT2D eigenvalue weighted by Gasteiger charge is 2.35. The summed E-state index contributed by atoms with van der Waals surface area (Å²) in [7, 11) is 1.60. The molecule has 0 spiro atoms. The quantitative estimate of drug-likeness (QED) is 0.231. The van der Waals surface area contributed by atoms with Crippen molar-refractivity contribution in [1.29, 1.82) is 0 Å². The van der Waals surface area contributed by atoms with E-state index in [9.17, 15) is 18.0 Å². The third-order valence-electron chi connectivity index (χ3n) is 8.58. The minimum absolute atomic E-state index is 0.0801. The molecule has 47 heavy (non-hydrogen) atoms. The van der Waals surface area contributed by atoms with Gasteiger partial charge in [0.05, 0.1) is 42.0 Å². The summed E-state index contributed by atoms with van der Waals surface area (Å²) in [6.45, 7) is 8.10. The Kier molecular flexibility index (Phi) is 11.6. The van der Waals surface area contributed by atoms with Gasteiger partial charge in [-0.05, 0) is 45.4 Å². The number of ether oxygens (including phenoxy) is 2. The number of nitrogens with one attached hydrogen (secondary N) is 2. The molecule has 0 radical (unpaired) electrons. The van der Waals surface area contributed by atoms with Crippen molar-refractivity contribution in [3.63, 3.8) is 0 Å². The normalized spacial score (nSPS) is 21.2. The monoisotopic (exact) mass is 701 g/mol. The lowest BCUT2D eigenvalue weighted by atomic mass is 10.1. The molecule has 258 valence electrons. The maximum atomic E-state index is 16.1. The van der Waals surface area contributed by atoms with Crippen molar-refractivity contribution in [3.8, 4) is 11.3 Å². The SMILES string of the molecule is CCOC(=O)CCN1CCN(C2=NCNC(Nc3nc(-c4ccc(Cl)c(C(F)(F)F)c4)c(CN4CCC[C@H]4C)s3)=C2F)C[C@H]1COC. The predicted molar refractivity (Wildman–Crippen MR) is 174 cm³/mol. The molecule has 16 heteroatoms. The Balaban J connectivity index is 1.37. The second-order valence-electron chi connectivity index (χ2n) is 11.7. The number of rotatable bonds is 11. The summed E-state index contributed by atoms with van der Waals surface area (Å²) in [5.41, 5.74) is -0.256. The topological polar surface area (TPSA) is 94.6 Å². The van der Waals surface area contributed by atoms with Gasteiger partial charge in [0, 0.05) is 56.3 Å². The molecule has 2 fully saturated rings. The van der Waals surface area contributed by atoms with Crippen molar-refractivity contribution in [1.82, 2.24) is 25.0 Å². The summed E-state index contributed by atoms with van der Waals surface area (Å²) in [5, 5.41) is 5.95. The standard InChI is InChI=1S/C31H40ClF4N7O3S/c1-4-46-25(44)9-11-41-12-13-43(15-21(41)17-45-3)29-26(33)28(37-18-38-29)40-30-39-27(24(47-30)16-42-10-5-6-19(42)2)20-7-8-23(32)22(14-20)31(34,35)36/h7-8,14,19,21,37H,4-6,9-13,15-18H2,1-3H3,(H,39,40)/t19-,21+/m1/s1. The minimum Gasteiger partial charge on any atom is -0.466 e. The Bertz CT molecular complexity index is 1490. The summed E-state index contributed by atoms with van der Waals surface area (Å²) in [6.07, 6.45) is -2.30. The van der Waals surface area contributed by atoms with Crippen LogP contribution >= 0.6 is 22.9 Å². The zero-order valence-corrected chi connectivity index (χ0v) is 28.2. The first-order valence-electron chi connectivity index (χ1n) is 15.7. The van der Waals surface area contributed by atoms with Crippen LogP contribution in [0.2, 0.25) is 5.02 Å². The molecule has 10 nitrogen and oxygen atoms in total. The second kappa shape index (κ2) is 15.5. The molecule has 4 heterocycles. The zero-order chi connectivity index (χ0) is 33.7. The first kappa shape index (κ1) is 35.3. The number of halogens is 5. The molecule has 1 aromatic carbocycles. The summed E-state index contributed by atoms with van der Waals surface area (Å²) in [6, 6.07) is 4.01. The fourth-order valence-electron chi connectivity index (χ4n) is 6.14. The van der Waals surface area contributed by atoms with Crippen LogP contribution in [0.3, 0.4) is 0 Å². The molecular formula is C31H40ClF4N7O3S. The number of anilines is 1. The number of benzene rings is 1. The second-order valence-corrected chi connectivity index (χ2v) is 13.2. The van der Waals surface area contributed by atoms with Gasteiger partial charge in [-0.2, -0.15) is 17.6 Å².